The summed E-state index contributed by atoms with van der Waals surface area (Å²) < 4.78 is 28.8. The van der Waals surface area contributed by atoms with E-state index in [4.69, 9.17) is 0 Å². The second kappa shape index (κ2) is 8.44. The van der Waals surface area contributed by atoms with Crippen molar-refractivity contribution in [1.82, 2.24) is 14.6 Å². The van der Waals surface area contributed by atoms with Crippen LogP contribution in [0, 0.1) is 0 Å². The zero-order chi connectivity index (χ0) is 15.0. The Hall–Kier alpha value is -0.850. The minimum Gasteiger partial charge on any atom is -0.352 e. The summed E-state index contributed by atoms with van der Waals surface area (Å²) >= 11 is 0. The van der Waals surface area contributed by atoms with Crippen LogP contribution in [0.4, 0.5) is 0 Å². The molecule has 0 bridgehead atoms. The first-order valence-electron chi connectivity index (χ1n) is 7.37. The number of aryl methyl sites for hydroxylation is 1. The average Bonchev–Trinajstić information content (AvgIpc) is 2.78. The van der Waals surface area contributed by atoms with E-state index in [0.717, 1.165) is 37.9 Å². The van der Waals surface area contributed by atoms with Gasteiger partial charge in [0.1, 0.15) is 0 Å². The van der Waals surface area contributed by atoms with Gasteiger partial charge in [0.05, 0.1) is 4.90 Å². The molecular weight excluding hydrogens is 274 g/mol. The molecular formula is C14H27N3O2S. The molecule has 20 heavy (non-hydrogen) atoms. The van der Waals surface area contributed by atoms with E-state index in [9.17, 15) is 8.42 Å². The summed E-state index contributed by atoms with van der Waals surface area (Å²) in [7, 11) is -1.50. The number of aromatic nitrogens is 1. The highest BCUT2D eigenvalue weighted by molar-refractivity contribution is 7.89. The zero-order valence-corrected chi connectivity index (χ0v) is 13.6. The fourth-order valence-corrected chi connectivity index (χ4v) is 3.16. The van der Waals surface area contributed by atoms with Crippen LogP contribution < -0.4 is 10.0 Å². The normalized spacial score (nSPS) is 11.9. The summed E-state index contributed by atoms with van der Waals surface area (Å²) in [5, 5.41) is 3.20. The molecule has 0 spiro atoms. The van der Waals surface area contributed by atoms with Crippen LogP contribution in [0.5, 0.6) is 0 Å². The smallest absolute Gasteiger partial charge is 0.242 e. The van der Waals surface area contributed by atoms with Crippen LogP contribution in [0.2, 0.25) is 0 Å². The van der Waals surface area contributed by atoms with Gasteiger partial charge in [-0.3, -0.25) is 0 Å². The van der Waals surface area contributed by atoms with Crippen molar-refractivity contribution >= 4 is 10.0 Å². The van der Waals surface area contributed by atoms with Gasteiger partial charge in [0.2, 0.25) is 10.0 Å². The van der Waals surface area contributed by atoms with Crippen molar-refractivity contribution in [2.24, 2.45) is 7.05 Å². The van der Waals surface area contributed by atoms with Crippen LogP contribution >= 0.6 is 0 Å². The van der Waals surface area contributed by atoms with Crippen molar-refractivity contribution < 1.29 is 8.42 Å². The molecule has 1 aromatic heterocycles. The molecule has 0 aliphatic rings. The largest absolute Gasteiger partial charge is 0.352 e. The Morgan fingerprint density at radius 1 is 1.20 bits per heavy atom. The molecule has 0 unspecified atom stereocenters. The highest BCUT2D eigenvalue weighted by atomic mass is 32.2. The molecule has 0 saturated carbocycles. The maximum absolute atomic E-state index is 12.2. The molecule has 0 aliphatic carbocycles. The van der Waals surface area contributed by atoms with Crippen LogP contribution in [0.25, 0.3) is 0 Å². The molecule has 116 valence electrons. The molecule has 6 heteroatoms. The quantitative estimate of drug-likeness (QED) is 0.650. The Bertz CT molecular complexity index is 495. The van der Waals surface area contributed by atoms with Gasteiger partial charge in [-0.15, -0.1) is 0 Å². The van der Waals surface area contributed by atoms with E-state index in [2.05, 4.69) is 17.0 Å². The monoisotopic (exact) mass is 301 g/mol. The second-order valence-corrected chi connectivity index (χ2v) is 6.78. The van der Waals surface area contributed by atoms with E-state index in [1.165, 1.54) is 0 Å². The number of unbranched alkanes of at least 4 members (excludes halogenated alkanes) is 3. The van der Waals surface area contributed by atoms with E-state index >= 15 is 0 Å². The van der Waals surface area contributed by atoms with Gasteiger partial charge in [-0.1, -0.05) is 33.1 Å². The molecule has 5 nitrogen and oxygen atoms in total. The predicted octanol–water partition coefficient (Wildman–Crippen LogP) is 1.99. The van der Waals surface area contributed by atoms with Crippen molar-refractivity contribution in [3.05, 3.63) is 18.0 Å². The molecule has 0 amide bonds. The van der Waals surface area contributed by atoms with Crippen molar-refractivity contribution in [2.45, 2.75) is 51.0 Å². The number of rotatable bonds is 10. The highest BCUT2D eigenvalue weighted by Crippen LogP contribution is 2.13. The molecule has 1 rings (SSSR count). The molecule has 1 aromatic rings. The van der Waals surface area contributed by atoms with Gasteiger partial charge in [0, 0.05) is 32.0 Å². The minimum absolute atomic E-state index is 0.350. The summed E-state index contributed by atoms with van der Waals surface area (Å²) in [5.74, 6) is 0. The van der Waals surface area contributed by atoms with E-state index in [1.54, 1.807) is 12.3 Å². The fraction of sp³-hybridized carbons (Fsp3) is 0.714. The zero-order valence-electron chi connectivity index (χ0n) is 12.8. The van der Waals surface area contributed by atoms with Crippen molar-refractivity contribution in [2.75, 3.05) is 13.1 Å². The molecule has 0 atom stereocenters. The van der Waals surface area contributed by atoms with Gasteiger partial charge in [0.25, 0.3) is 0 Å². The first-order valence-corrected chi connectivity index (χ1v) is 8.85. The molecule has 2 N–H and O–H groups in total. The molecule has 0 aromatic carbocycles. The summed E-state index contributed by atoms with van der Waals surface area (Å²) in [5.41, 5.74) is 0.971. The van der Waals surface area contributed by atoms with Crippen LogP contribution in [0.1, 0.15) is 45.2 Å². The summed E-state index contributed by atoms with van der Waals surface area (Å²) in [6, 6.07) is 1.73. The number of hydrogen-bond donors (Lipinski definition) is 2. The Kier molecular flexibility index (Phi) is 7.26. The van der Waals surface area contributed by atoms with E-state index in [-0.39, 0.29) is 0 Å². The third-order valence-corrected chi connectivity index (χ3v) is 4.70. The van der Waals surface area contributed by atoms with E-state index in [0.29, 0.717) is 18.0 Å². The van der Waals surface area contributed by atoms with Gasteiger partial charge in [-0.2, -0.15) is 0 Å². The van der Waals surface area contributed by atoms with Crippen LogP contribution in [-0.4, -0.2) is 26.1 Å². The predicted molar refractivity (Wildman–Crippen MR) is 82.1 cm³/mol. The van der Waals surface area contributed by atoms with Gasteiger partial charge in [-0.25, -0.2) is 13.1 Å². The summed E-state index contributed by atoms with van der Waals surface area (Å²) in [6.07, 6.45) is 5.93. The van der Waals surface area contributed by atoms with Crippen LogP contribution in [0.15, 0.2) is 17.2 Å². The van der Waals surface area contributed by atoms with Gasteiger partial charge >= 0.3 is 0 Å². The van der Waals surface area contributed by atoms with Crippen molar-refractivity contribution in [3.63, 3.8) is 0 Å². The lowest BCUT2D eigenvalue weighted by molar-refractivity contribution is 0.573. The standard InChI is InChI=1S/C14H27N3O2S/c1-4-6-7-8-9-16-20(18,19)14-10-13(11-15-5-2)17(3)12-14/h10,12,15-16H,4-9,11H2,1-3H3. The van der Waals surface area contributed by atoms with Gasteiger partial charge in [0.15, 0.2) is 0 Å². The number of nitrogens with one attached hydrogen (secondary N) is 2. The fourth-order valence-electron chi connectivity index (χ4n) is 1.99. The molecule has 0 aliphatic heterocycles. The second-order valence-electron chi connectivity index (χ2n) is 5.02. The summed E-state index contributed by atoms with van der Waals surface area (Å²) in [6.45, 7) is 6.22. The first kappa shape index (κ1) is 17.2. The molecule has 0 radical (unpaired) electrons. The van der Waals surface area contributed by atoms with Gasteiger partial charge in [-0.05, 0) is 19.0 Å². The molecule has 1 heterocycles. The van der Waals surface area contributed by atoms with Crippen LogP contribution in [0.3, 0.4) is 0 Å². The lowest BCUT2D eigenvalue weighted by atomic mass is 10.2. The third-order valence-electron chi connectivity index (χ3n) is 3.27. The van der Waals surface area contributed by atoms with Gasteiger partial charge < -0.3 is 9.88 Å². The number of hydrogen-bond acceptors (Lipinski definition) is 3. The Morgan fingerprint density at radius 2 is 1.95 bits per heavy atom. The summed E-state index contributed by atoms with van der Waals surface area (Å²) in [4.78, 5) is 0.350. The molecule has 0 fully saturated rings. The average molecular weight is 301 g/mol. The lowest BCUT2D eigenvalue weighted by Gasteiger charge is -2.04. The Balaban J connectivity index is 2.58. The first-order chi connectivity index (χ1) is 9.51. The minimum atomic E-state index is -3.37. The molecule has 0 saturated heterocycles. The Morgan fingerprint density at radius 3 is 2.60 bits per heavy atom. The number of nitrogens with zero attached hydrogens (tertiary/aromatic N) is 1. The topological polar surface area (TPSA) is 63.1 Å². The maximum Gasteiger partial charge on any atom is 0.242 e. The Labute approximate surface area is 122 Å². The maximum atomic E-state index is 12.2. The third kappa shape index (κ3) is 5.26. The number of sulfonamides is 1. The van der Waals surface area contributed by atoms with Crippen molar-refractivity contribution in [3.8, 4) is 0 Å². The van der Waals surface area contributed by atoms with Crippen molar-refractivity contribution in [1.29, 1.82) is 0 Å². The van der Waals surface area contributed by atoms with Crippen LogP contribution in [-0.2, 0) is 23.6 Å². The highest BCUT2D eigenvalue weighted by Gasteiger charge is 2.16. The van der Waals surface area contributed by atoms with E-state index in [1.807, 2.05) is 18.5 Å². The lowest BCUT2D eigenvalue weighted by Crippen LogP contribution is -2.24. The SMILES string of the molecule is CCCCCCNS(=O)(=O)c1cc(CNCC)n(C)c1. The van der Waals surface area contributed by atoms with E-state index < -0.39 is 10.0 Å².